The summed E-state index contributed by atoms with van der Waals surface area (Å²) in [6, 6.07) is 7.71. The summed E-state index contributed by atoms with van der Waals surface area (Å²) < 4.78 is 0.915. The van der Waals surface area contributed by atoms with Gasteiger partial charge in [-0.05, 0) is 40.9 Å². The number of hydrogen-bond acceptors (Lipinski definition) is 2. The van der Waals surface area contributed by atoms with E-state index in [4.69, 9.17) is 0 Å². The summed E-state index contributed by atoms with van der Waals surface area (Å²) in [7, 11) is 0. The highest BCUT2D eigenvalue weighted by Gasteiger charge is 2.38. The van der Waals surface area contributed by atoms with Crippen LogP contribution in [-0.2, 0) is 4.79 Å². The SMILES string of the molecule is O=C(O)C1(Nc2ccccc2Br)CCCCCCC1. The second-order valence-electron chi connectivity index (χ2n) is 5.26. The average molecular weight is 326 g/mol. The third-order valence-corrected chi connectivity index (χ3v) is 4.56. The largest absolute Gasteiger partial charge is 0.480 e. The second-order valence-corrected chi connectivity index (χ2v) is 6.11. The molecule has 1 aliphatic carbocycles. The number of anilines is 1. The quantitative estimate of drug-likeness (QED) is 0.864. The third-order valence-electron chi connectivity index (χ3n) is 3.86. The van der Waals surface area contributed by atoms with Gasteiger partial charge in [0.1, 0.15) is 5.54 Å². The first-order chi connectivity index (χ1) is 9.14. The second kappa shape index (κ2) is 6.42. The summed E-state index contributed by atoms with van der Waals surface area (Å²) in [6.45, 7) is 0. The van der Waals surface area contributed by atoms with Crippen LogP contribution in [0.5, 0.6) is 0 Å². The lowest BCUT2D eigenvalue weighted by molar-refractivity contribution is -0.143. The van der Waals surface area contributed by atoms with E-state index in [0.717, 1.165) is 35.8 Å². The number of carboxylic acids is 1. The van der Waals surface area contributed by atoms with Gasteiger partial charge in [0, 0.05) is 10.2 Å². The van der Waals surface area contributed by atoms with Crippen LogP contribution in [0.25, 0.3) is 0 Å². The monoisotopic (exact) mass is 325 g/mol. The number of halogens is 1. The van der Waals surface area contributed by atoms with Gasteiger partial charge < -0.3 is 10.4 Å². The summed E-state index contributed by atoms with van der Waals surface area (Å²) >= 11 is 3.48. The van der Waals surface area contributed by atoms with Crippen LogP contribution in [0.3, 0.4) is 0 Å². The first kappa shape index (κ1) is 14.4. The fourth-order valence-corrected chi connectivity index (χ4v) is 3.11. The molecule has 3 nitrogen and oxygen atoms in total. The Morgan fingerprint density at radius 2 is 1.68 bits per heavy atom. The van der Waals surface area contributed by atoms with Gasteiger partial charge in [0.25, 0.3) is 0 Å². The van der Waals surface area contributed by atoms with Crippen LogP contribution in [0.15, 0.2) is 28.7 Å². The fraction of sp³-hybridized carbons (Fsp3) is 0.533. The number of carboxylic acid groups (broad SMARTS) is 1. The molecule has 1 aromatic carbocycles. The van der Waals surface area contributed by atoms with Crippen LogP contribution in [0.1, 0.15) is 44.9 Å². The first-order valence-corrected chi connectivity index (χ1v) is 7.69. The highest BCUT2D eigenvalue weighted by atomic mass is 79.9. The van der Waals surface area contributed by atoms with E-state index in [1.165, 1.54) is 6.42 Å². The van der Waals surface area contributed by atoms with Gasteiger partial charge in [-0.25, -0.2) is 4.79 Å². The highest BCUT2D eigenvalue weighted by molar-refractivity contribution is 9.10. The number of rotatable bonds is 3. The van der Waals surface area contributed by atoms with Gasteiger partial charge in [-0.2, -0.15) is 0 Å². The molecule has 0 spiro atoms. The van der Waals surface area contributed by atoms with Crippen LogP contribution >= 0.6 is 15.9 Å². The molecule has 0 saturated heterocycles. The van der Waals surface area contributed by atoms with Crippen LogP contribution in [0.4, 0.5) is 5.69 Å². The average Bonchev–Trinajstić information content (AvgIpc) is 2.35. The van der Waals surface area contributed by atoms with Gasteiger partial charge in [0.15, 0.2) is 0 Å². The van der Waals surface area contributed by atoms with Gasteiger partial charge in [-0.3, -0.25) is 0 Å². The molecule has 19 heavy (non-hydrogen) atoms. The van der Waals surface area contributed by atoms with Gasteiger partial charge in [-0.15, -0.1) is 0 Å². The van der Waals surface area contributed by atoms with Crippen molar-refractivity contribution in [1.29, 1.82) is 0 Å². The molecular weight excluding hydrogens is 306 g/mol. The Bertz CT molecular complexity index is 440. The fourth-order valence-electron chi connectivity index (χ4n) is 2.72. The lowest BCUT2D eigenvalue weighted by Crippen LogP contribution is -2.47. The zero-order valence-corrected chi connectivity index (χ0v) is 12.6. The van der Waals surface area contributed by atoms with Crippen molar-refractivity contribution in [3.05, 3.63) is 28.7 Å². The lowest BCUT2D eigenvalue weighted by Gasteiger charge is -2.33. The number of benzene rings is 1. The van der Waals surface area contributed by atoms with Crippen LogP contribution < -0.4 is 5.32 Å². The summed E-state index contributed by atoms with van der Waals surface area (Å²) in [6.07, 6.45) is 6.84. The molecule has 0 amide bonds. The lowest BCUT2D eigenvalue weighted by atomic mass is 9.83. The maximum atomic E-state index is 11.8. The molecule has 104 valence electrons. The molecule has 2 rings (SSSR count). The van der Waals surface area contributed by atoms with E-state index in [2.05, 4.69) is 21.2 Å². The van der Waals surface area contributed by atoms with Crippen molar-refractivity contribution in [3.8, 4) is 0 Å². The van der Waals surface area contributed by atoms with Crippen molar-refractivity contribution in [3.63, 3.8) is 0 Å². The van der Waals surface area contributed by atoms with Crippen molar-refractivity contribution in [1.82, 2.24) is 0 Å². The zero-order valence-electron chi connectivity index (χ0n) is 11.0. The summed E-state index contributed by atoms with van der Waals surface area (Å²) in [5, 5.41) is 13.0. The summed E-state index contributed by atoms with van der Waals surface area (Å²) in [5.41, 5.74) is 0.0510. The van der Waals surface area contributed by atoms with Crippen molar-refractivity contribution < 1.29 is 9.90 Å². The van der Waals surface area contributed by atoms with Crippen molar-refractivity contribution >= 4 is 27.6 Å². The van der Waals surface area contributed by atoms with E-state index in [9.17, 15) is 9.90 Å². The standard InChI is InChI=1S/C15H20BrNO2/c16-12-8-4-5-9-13(12)17-15(14(18)19)10-6-2-1-3-7-11-15/h4-5,8-9,17H,1-3,6-7,10-11H2,(H,18,19). The molecule has 0 unspecified atom stereocenters. The molecule has 1 aliphatic rings. The smallest absolute Gasteiger partial charge is 0.329 e. The maximum absolute atomic E-state index is 11.8. The molecule has 0 bridgehead atoms. The topological polar surface area (TPSA) is 49.3 Å². The van der Waals surface area contributed by atoms with E-state index in [1.54, 1.807) is 0 Å². The number of aliphatic carboxylic acids is 1. The third kappa shape index (κ3) is 3.50. The molecule has 1 aromatic rings. The van der Waals surface area contributed by atoms with Crippen molar-refractivity contribution in [2.45, 2.75) is 50.5 Å². The minimum Gasteiger partial charge on any atom is -0.480 e. The first-order valence-electron chi connectivity index (χ1n) is 6.90. The molecule has 0 aliphatic heterocycles. The van der Waals surface area contributed by atoms with Gasteiger partial charge in [0.05, 0.1) is 0 Å². The van der Waals surface area contributed by atoms with Crippen LogP contribution in [0, 0.1) is 0 Å². The Morgan fingerprint density at radius 1 is 1.11 bits per heavy atom. The summed E-state index contributed by atoms with van der Waals surface area (Å²) in [4.78, 5) is 11.8. The molecule has 1 fully saturated rings. The number of hydrogen-bond donors (Lipinski definition) is 2. The molecule has 0 aromatic heterocycles. The van der Waals surface area contributed by atoms with Crippen molar-refractivity contribution in [2.24, 2.45) is 0 Å². The van der Waals surface area contributed by atoms with Crippen molar-refractivity contribution in [2.75, 3.05) is 5.32 Å². The zero-order chi connectivity index (χ0) is 13.7. The van der Waals surface area contributed by atoms with Gasteiger partial charge in [-0.1, -0.05) is 44.2 Å². The Labute approximate surface area is 122 Å². The molecule has 0 radical (unpaired) electrons. The molecular formula is C15H20BrNO2. The van der Waals surface area contributed by atoms with E-state index >= 15 is 0 Å². The highest BCUT2D eigenvalue weighted by Crippen LogP contribution is 2.33. The van der Waals surface area contributed by atoms with E-state index < -0.39 is 11.5 Å². The Balaban J connectivity index is 2.23. The Morgan fingerprint density at radius 3 is 2.26 bits per heavy atom. The van der Waals surface area contributed by atoms with E-state index in [-0.39, 0.29) is 0 Å². The predicted octanol–water partition coefficient (Wildman–Crippen LogP) is 4.43. The number of nitrogens with one attached hydrogen (secondary N) is 1. The molecule has 1 saturated carbocycles. The van der Waals surface area contributed by atoms with E-state index in [1.807, 2.05) is 24.3 Å². The predicted molar refractivity (Wildman–Crippen MR) is 80.5 cm³/mol. The minimum absolute atomic E-state index is 0.698. The Hall–Kier alpha value is -1.03. The van der Waals surface area contributed by atoms with Crippen LogP contribution in [0.2, 0.25) is 0 Å². The minimum atomic E-state index is -0.815. The van der Waals surface area contributed by atoms with Crippen LogP contribution in [-0.4, -0.2) is 16.6 Å². The van der Waals surface area contributed by atoms with E-state index in [0.29, 0.717) is 12.8 Å². The van der Waals surface area contributed by atoms with Gasteiger partial charge >= 0.3 is 5.97 Å². The number of carbonyl (C=O) groups is 1. The summed E-state index contributed by atoms with van der Waals surface area (Å²) in [5.74, 6) is -0.731. The normalized spacial score (nSPS) is 19.2. The Kier molecular flexibility index (Phi) is 4.86. The molecule has 4 heteroatoms. The molecule has 0 atom stereocenters. The van der Waals surface area contributed by atoms with Gasteiger partial charge in [0.2, 0.25) is 0 Å². The number of para-hydroxylation sites is 1. The molecule has 0 heterocycles. The molecule has 2 N–H and O–H groups in total. The maximum Gasteiger partial charge on any atom is 0.329 e.